The maximum Gasteiger partial charge on any atom is 0.256 e. The van der Waals surface area contributed by atoms with Crippen molar-refractivity contribution in [1.82, 2.24) is 19.9 Å². The van der Waals surface area contributed by atoms with Crippen molar-refractivity contribution in [3.05, 3.63) is 58.1 Å². The fourth-order valence-corrected chi connectivity index (χ4v) is 3.60. The highest BCUT2D eigenvalue weighted by Crippen LogP contribution is 2.20. The van der Waals surface area contributed by atoms with Gasteiger partial charge in [-0.2, -0.15) is 16.3 Å². The van der Waals surface area contributed by atoms with Gasteiger partial charge in [-0.1, -0.05) is 5.16 Å². The summed E-state index contributed by atoms with van der Waals surface area (Å²) in [4.78, 5) is 20.5. The lowest BCUT2D eigenvalue weighted by atomic mass is 10.1. The van der Waals surface area contributed by atoms with Gasteiger partial charge in [0.2, 0.25) is 11.7 Å². The molecule has 1 amide bonds. The lowest BCUT2D eigenvalue weighted by Gasteiger charge is -2.34. The van der Waals surface area contributed by atoms with E-state index in [4.69, 9.17) is 4.52 Å². The molecule has 3 aromatic rings. The van der Waals surface area contributed by atoms with E-state index in [1.807, 2.05) is 16.8 Å². The van der Waals surface area contributed by atoms with Gasteiger partial charge in [-0.3, -0.25) is 9.69 Å². The molecule has 2 aromatic heterocycles. The van der Waals surface area contributed by atoms with Gasteiger partial charge >= 0.3 is 0 Å². The molecule has 0 radical (unpaired) electrons. The second kappa shape index (κ2) is 7.53. The second-order valence-electron chi connectivity index (χ2n) is 6.22. The van der Waals surface area contributed by atoms with Crippen molar-refractivity contribution in [2.45, 2.75) is 6.54 Å². The van der Waals surface area contributed by atoms with Crippen LogP contribution >= 0.6 is 11.3 Å². The molecule has 0 aliphatic carbocycles. The number of rotatable bonds is 4. The van der Waals surface area contributed by atoms with Gasteiger partial charge in [-0.25, -0.2) is 8.78 Å². The van der Waals surface area contributed by atoms with E-state index in [-0.39, 0.29) is 5.56 Å². The van der Waals surface area contributed by atoms with Gasteiger partial charge < -0.3 is 9.42 Å². The summed E-state index contributed by atoms with van der Waals surface area (Å²) in [6, 6.07) is 4.93. The molecule has 0 saturated carbocycles. The number of carbonyl (C=O) groups excluding carboxylic acids is 1. The van der Waals surface area contributed by atoms with Gasteiger partial charge in [0.25, 0.3) is 5.91 Å². The Morgan fingerprint density at radius 3 is 2.70 bits per heavy atom. The maximum atomic E-state index is 13.8. The van der Waals surface area contributed by atoms with Crippen LogP contribution in [0, 0.1) is 11.6 Å². The first-order valence-corrected chi connectivity index (χ1v) is 9.36. The van der Waals surface area contributed by atoms with Gasteiger partial charge in [-0.05, 0) is 23.6 Å². The number of carbonyl (C=O) groups is 1. The molecule has 1 aromatic carbocycles. The molecule has 27 heavy (non-hydrogen) atoms. The summed E-state index contributed by atoms with van der Waals surface area (Å²) >= 11 is 1.57. The minimum absolute atomic E-state index is 0.109. The lowest BCUT2D eigenvalue weighted by molar-refractivity contribution is 0.0610. The van der Waals surface area contributed by atoms with Crippen LogP contribution in [0.4, 0.5) is 8.78 Å². The Kier molecular flexibility index (Phi) is 4.95. The number of benzene rings is 1. The number of hydrogen-bond acceptors (Lipinski definition) is 6. The smallest absolute Gasteiger partial charge is 0.256 e. The van der Waals surface area contributed by atoms with Crippen molar-refractivity contribution in [2.24, 2.45) is 0 Å². The average molecular weight is 390 g/mol. The Bertz CT molecular complexity index is 937. The summed E-state index contributed by atoms with van der Waals surface area (Å²) in [7, 11) is 0. The predicted molar refractivity (Wildman–Crippen MR) is 95.1 cm³/mol. The fourth-order valence-electron chi connectivity index (χ4n) is 2.96. The van der Waals surface area contributed by atoms with Crippen molar-refractivity contribution >= 4 is 17.2 Å². The van der Waals surface area contributed by atoms with Crippen molar-refractivity contribution in [1.29, 1.82) is 0 Å². The number of aromatic nitrogens is 2. The first-order valence-electron chi connectivity index (χ1n) is 8.42. The quantitative estimate of drug-likeness (QED) is 0.685. The van der Waals surface area contributed by atoms with Crippen LogP contribution in [0.1, 0.15) is 16.2 Å². The largest absolute Gasteiger partial charge is 0.338 e. The summed E-state index contributed by atoms with van der Waals surface area (Å²) < 4.78 is 32.1. The Labute approximate surface area is 158 Å². The molecule has 1 aliphatic rings. The van der Waals surface area contributed by atoms with Crippen LogP contribution in [0.2, 0.25) is 0 Å². The molecule has 0 atom stereocenters. The van der Waals surface area contributed by atoms with Crippen LogP contribution in [-0.2, 0) is 6.54 Å². The number of piperazine rings is 1. The Hall–Kier alpha value is -2.65. The van der Waals surface area contributed by atoms with Gasteiger partial charge in [-0.15, -0.1) is 0 Å². The SMILES string of the molecule is O=C(c1ccc(F)cc1F)N1CCN(Cc2nc(-c3ccsc3)no2)CC1. The molecule has 0 N–H and O–H groups in total. The van der Waals surface area contributed by atoms with E-state index in [1.165, 1.54) is 6.07 Å². The van der Waals surface area contributed by atoms with Crippen molar-refractivity contribution in [3.63, 3.8) is 0 Å². The number of hydrogen-bond donors (Lipinski definition) is 0. The van der Waals surface area contributed by atoms with E-state index in [1.54, 1.807) is 16.2 Å². The van der Waals surface area contributed by atoms with E-state index >= 15 is 0 Å². The fraction of sp³-hybridized carbons (Fsp3) is 0.278. The molecule has 1 saturated heterocycles. The second-order valence-corrected chi connectivity index (χ2v) is 7.00. The third-order valence-electron chi connectivity index (χ3n) is 4.43. The highest BCUT2D eigenvalue weighted by atomic mass is 32.1. The molecule has 1 aliphatic heterocycles. The molecular formula is C18H16F2N4O2S. The van der Waals surface area contributed by atoms with Crippen LogP contribution in [0.25, 0.3) is 11.4 Å². The molecule has 140 valence electrons. The van der Waals surface area contributed by atoms with E-state index in [0.29, 0.717) is 44.4 Å². The lowest BCUT2D eigenvalue weighted by Crippen LogP contribution is -2.48. The summed E-state index contributed by atoms with van der Waals surface area (Å²) in [6.45, 7) is 2.59. The molecule has 4 rings (SSSR count). The zero-order valence-electron chi connectivity index (χ0n) is 14.3. The van der Waals surface area contributed by atoms with Gasteiger partial charge in [0.1, 0.15) is 11.6 Å². The minimum Gasteiger partial charge on any atom is -0.338 e. The average Bonchev–Trinajstić information content (AvgIpc) is 3.33. The predicted octanol–water partition coefficient (Wildman–Crippen LogP) is 3.03. The van der Waals surface area contributed by atoms with Gasteiger partial charge in [0, 0.05) is 43.2 Å². The van der Waals surface area contributed by atoms with E-state index in [9.17, 15) is 13.6 Å². The standard InChI is InChI=1S/C18H16F2N4O2S/c19-13-1-2-14(15(20)9-13)18(25)24-6-4-23(5-7-24)10-16-21-17(22-26-16)12-3-8-27-11-12/h1-3,8-9,11H,4-7,10H2. The van der Waals surface area contributed by atoms with Gasteiger partial charge in [0.05, 0.1) is 12.1 Å². The van der Waals surface area contributed by atoms with Crippen LogP contribution in [0.3, 0.4) is 0 Å². The van der Waals surface area contributed by atoms with Crippen molar-refractivity contribution in [2.75, 3.05) is 26.2 Å². The normalized spacial score (nSPS) is 15.3. The number of amides is 1. The van der Waals surface area contributed by atoms with E-state index < -0.39 is 17.5 Å². The summed E-state index contributed by atoms with van der Waals surface area (Å²) in [5.74, 6) is -0.887. The first kappa shape index (κ1) is 17.7. The third kappa shape index (κ3) is 3.88. The van der Waals surface area contributed by atoms with Crippen LogP contribution in [0.5, 0.6) is 0 Å². The Balaban J connectivity index is 1.34. The molecule has 0 spiro atoms. The third-order valence-corrected chi connectivity index (χ3v) is 5.11. The van der Waals surface area contributed by atoms with E-state index in [2.05, 4.69) is 15.0 Å². The molecule has 9 heteroatoms. The van der Waals surface area contributed by atoms with Crippen LogP contribution in [0.15, 0.2) is 39.5 Å². The number of nitrogens with zero attached hydrogens (tertiary/aromatic N) is 4. The highest BCUT2D eigenvalue weighted by Gasteiger charge is 2.25. The zero-order chi connectivity index (χ0) is 18.8. The number of thiophene rings is 1. The van der Waals surface area contributed by atoms with Crippen LogP contribution < -0.4 is 0 Å². The molecular weight excluding hydrogens is 374 g/mol. The van der Waals surface area contributed by atoms with Crippen molar-refractivity contribution < 1.29 is 18.1 Å². The topological polar surface area (TPSA) is 62.5 Å². The summed E-state index contributed by atoms with van der Waals surface area (Å²) in [6.07, 6.45) is 0. The molecule has 0 bridgehead atoms. The number of halogens is 2. The van der Waals surface area contributed by atoms with Crippen molar-refractivity contribution in [3.8, 4) is 11.4 Å². The molecule has 3 heterocycles. The molecule has 6 nitrogen and oxygen atoms in total. The summed E-state index contributed by atoms with van der Waals surface area (Å²) in [5.41, 5.74) is 0.814. The zero-order valence-corrected chi connectivity index (χ0v) is 15.1. The maximum absolute atomic E-state index is 13.8. The monoisotopic (exact) mass is 390 g/mol. The van der Waals surface area contributed by atoms with E-state index in [0.717, 1.165) is 17.7 Å². The minimum atomic E-state index is -0.839. The summed E-state index contributed by atoms with van der Waals surface area (Å²) in [5, 5.41) is 7.88. The highest BCUT2D eigenvalue weighted by molar-refractivity contribution is 7.08. The molecule has 0 unspecified atom stereocenters. The first-order chi connectivity index (χ1) is 13.1. The van der Waals surface area contributed by atoms with Crippen LogP contribution in [-0.4, -0.2) is 52.0 Å². The Morgan fingerprint density at radius 1 is 1.19 bits per heavy atom. The Morgan fingerprint density at radius 2 is 2.00 bits per heavy atom. The molecule has 1 fully saturated rings. The van der Waals surface area contributed by atoms with Gasteiger partial charge in [0.15, 0.2) is 0 Å².